The van der Waals surface area contributed by atoms with Crippen molar-refractivity contribution in [2.45, 2.75) is 32.2 Å². The third-order valence-corrected chi connectivity index (χ3v) is 3.25. The lowest BCUT2D eigenvalue weighted by Gasteiger charge is -2.09. The highest BCUT2D eigenvalue weighted by atomic mass is 32.2. The highest BCUT2D eigenvalue weighted by Crippen LogP contribution is 2.11. The Labute approximate surface area is 108 Å². The average molecular weight is 254 g/mol. The highest BCUT2D eigenvalue weighted by molar-refractivity contribution is 7.98. The molecule has 0 amide bonds. The molecule has 1 rings (SSSR count). The van der Waals surface area contributed by atoms with Crippen LogP contribution in [0.25, 0.3) is 0 Å². The van der Waals surface area contributed by atoms with Crippen LogP contribution in [0.15, 0.2) is 18.3 Å². The van der Waals surface area contributed by atoms with E-state index in [1.807, 2.05) is 23.9 Å². The fourth-order valence-electron chi connectivity index (χ4n) is 1.42. The predicted molar refractivity (Wildman–Crippen MR) is 74.7 cm³/mol. The molecule has 1 heterocycles. The predicted octanol–water partition coefficient (Wildman–Crippen LogP) is 2.49. The summed E-state index contributed by atoms with van der Waals surface area (Å²) < 4.78 is 5.59. The lowest BCUT2D eigenvalue weighted by Crippen LogP contribution is -2.21. The van der Waals surface area contributed by atoms with E-state index in [1.165, 1.54) is 0 Å². The molecule has 96 valence electrons. The van der Waals surface area contributed by atoms with Crippen LogP contribution in [0.1, 0.15) is 25.5 Å². The Morgan fingerprint density at radius 1 is 1.47 bits per heavy atom. The van der Waals surface area contributed by atoms with Gasteiger partial charge in [0, 0.05) is 18.2 Å². The Bertz CT molecular complexity index is 303. The van der Waals surface area contributed by atoms with E-state index < -0.39 is 0 Å². The standard InChI is InChI=1S/C13H22N2OS/c1-3-11(14)9-12-5-6-13(10-15-12)16-7-4-8-17-2/h5-6,10-11H,3-4,7-9,14H2,1-2H3. The lowest BCUT2D eigenvalue weighted by molar-refractivity contribution is 0.317. The van der Waals surface area contributed by atoms with Crippen LogP contribution in [-0.4, -0.2) is 29.6 Å². The van der Waals surface area contributed by atoms with E-state index in [-0.39, 0.29) is 6.04 Å². The summed E-state index contributed by atoms with van der Waals surface area (Å²) in [6.45, 7) is 2.85. The Morgan fingerprint density at radius 3 is 2.88 bits per heavy atom. The number of thioether (sulfide) groups is 1. The van der Waals surface area contributed by atoms with Gasteiger partial charge in [0.25, 0.3) is 0 Å². The quantitative estimate of drug-likeness (QED) is 0.724. The van der Waals surface area contributed by atoms with Crippen LogP contribution >= 0.6 is 11.8 Å². The first-order valence-electron chi connectivity index (χ1n) is 6.08. The molecular formula is C13H22N2OS. The molecule has 0 aliphatic carbocycles. The first-order valence-corrected chi connectivity index (χ1v) is 7.48. The van der Waals surface area contributed by atoms with Crippen molar-refractivity contribution in [1.29, 1.82) is 0 Å². The van der Waals surface area contributed by atoms with Crippen LogP contribution in [0.5, 0.6) is 5.75 Å². The molecule has 0 aliphatic heterocycles. The van der Waals surface area contributed by atoms with E-state index in [0.717, 1.165) is 43.1 Å². The molecule has 2 N–H and O–H groups in total. The first-order chi connectivity index (χ1) is 8.26. The number of hydrogen-bond acceptors (Lipinski definition) is 4. The van der Waals surface area contributed by atoms with Gasteiger partial charge in [0.15, 0.2) is 0 Å². The normalized spacial score (nSPS) is 12.4. The van der Waals surface area contributed by atoms with Crippen molar-refractivity contribution in [3.05, 3.63) is 24.0 Å². The van der Waals surface area contributed by atoms with Gasteiger partial charge in [-0.15, -0.1) is 0 Å². The van der Waals surface area contributed by atoms with Crippen molar-refractivity contribution in [1.82, 2.24) is 4.98 Å². The van der Waals surface area contributed by atoms with E-state index in [9.17, 15) is 0 Å². The highest BCUT2D eigenvalue weighted by Gasteiger charge is 2.02. The van der Waals surface area contributed by atoms with E-state index in [4.69, 9.17) is 10.5 Å². The van der Waals surface area contributed by atoms with Crippen LogP contribution in [0.4, 0.5) is 0 Å². The SMILES string of the molecule is CCC(N)Cc1ccc(OCCCSC)cn1. The van der Waals surface area contributed by atoms with Gasteiger partial charge in [-0.25, -0.2) is 0 Å². The number of nitrogens with two attached hydrogens (primary N) is 1. The molecule has 1 atom stereocenters. The summed E-state index contributed by atoms with van der Waals surface area (Å²) in [6.07, 6.45) is 6.78. The summed E-state index contributed by atoms with van der Waals surface area (Å²) in [5.41, 5.74) is 6.92. The minimum Gasteiger partial charge on any atom is -0.492 e. The smallest absolute Gasteiger partial charge is 0.137 e. The van der Waals surface area contributed by atoms with Gasteiger partial charge < -0.3 is 10.5 Å². The maximum absolute atomic E-state index is 5.88. The van der Waals surface area contributed by atoms with Crippen molar-refractivity contribution in [2.24, 2.45) is 5.73 Å². The van der Waals surface area contributed by atoms with Gasteiger partial charge in [-0.3, -0.25) is 4.98 Å². The molecule has 0 saturated heterocycles. The zero-order valence-electron chi connectivity index (χ0n) is 10.7. The molecule has 0 spiro atoms. The summed E-state index contributed by atoms with van der Waals surface area (Å²) in [5.74, 6) is 1.98. The number of aromatic nitrogens is 1. The summed E-state index contributed by atoms with van der Waals surface area (Å²) in [7, 11) is 0. The molecule has 0 fully saturated rings. The second-order valence-electron chi connectivity index (χ2n) is 4.05. The Morgan fingerprint density at radius 2 is 2.29 bits per heavy atom. The molecule has 4 heteroatoms. The van der Waals surface area contributed by atoms with E-state index in [0.29, 0.717) is 0 Å². The van der Waals surface area contributed by atoms with E-state index >= 15 is 0 Å². The monoisotopic (exact) mass is 254 g/mol. The van der Waals surface area contributed by atoms with Crippen LogP contribution in [-0.2, 0) is 6.42 Å². The molecule has 0 aromatic carbocycles. The largest absolute Gasteiger partial charge is 0.492 e. The topological polar surface area (TPSA) is 48.1 Å². The van der Waals surface area contributed by atoms with E-state index in [2.05, 4.69) is 18.2 Å². The second kappa shape index (κ2) is 8.37. The first kappa shape index (κ1) is 14.3. The summed E-state index contributed by atoms with van der Waals surface area (Å²) >= 11 is 1.84. The number of rotatable bonds is 8. The van der Waals surface area contributed by atoms with Crippen molar-refractivity contribution in [3.8, 4) is 5.75 Å². The summed E-state index contributed by atoms with van der Waals surface area (Å²) in [6, 6.07) is 4.18. The van der Waals surface area contributed by atoms with Crippen molar-refractivity contribution in [2.75, 3.05) is 18.6 Å². The van der Waals surface area contributed by atoms with Gasteiger partial charge in [-0.2, -0.15) is 11.8 Å². The Hall–Kier alpha value is -0.740. The maximum Gasteiger partial charge on any atom is 0.137 e. The van der Waals surface area contributed by atoms with Crippen LogP contribution in [0, 0.1) is 0 Å². The summed E-state index contributed by atoms with van der Waals surface area (Å²) in [4.78, 5) is 4.36. The molecule has 1 aromatic rings. The zero-order valence-corrected chi connectivity index (χ0v) is 11.5. The molecule has 0 bridgehead atoms. The van der Waals surface area contributed by atoms with Gasteiger partial charge in [-0.1, -0.05) is 6.92 Å². The number of ether oxygens (including phenoxy) is 1. The molecule has 17 heavy (non-hydrogen) atoms. The van der Waals surface area contributed by atoms with Gasteiger partial charge in [0.1, 0.15) is 5.75 Å². The van der Waals surface area contributed by atoms with Crippen LogP contribution in [0.3, 0.4) is 0 Å². The molecular weight excluding hydrogens is 232 g/mol. The second-order valence-corrected chi connectivity index (χ2v) is 5.04. The number of pyridine rings is 1. The Balaban J connectivity index is 2.34. The lowest BCUT2D eigenvalue weighted by atomic mass is 10.1. The average Bonchev–Trinajstić information content (AvgIpc) is 2.36. The molecule has 0 aliphatic rings. The van der Waals surface area contributed by atoms with Gasteiger partial charge in [0.2, 0.25) is 0 Å². The molecule has 3 nitrogen and oxygen atoms in total. The van der Waals surface area contributed by atoms with Crippen molar-refractivity contribution >= 4 is 11.8 Å². The van der Waals surface area contributed by atoms with Crippen LogP contribution < -0.4 is 10.5 Å². The Kier molecular flexibility index (Phi) is 7.05. The molecule has 1 unspecified atom stereocenters. The van der Waals surface area contributed by atoms with Gasteiger partial charge >= 0.3 is 0 Å². The summed E-state index contributed by atoms with van der Waals surface area (Å²) in [5, 5.41) is 0. The fraction of sp³-hybridized carbons (Fsp3) is 0.615. The van der Waals surface area contributed by atoms with E-state index in [1.54, 1.807) is 6.20 Å². The third kappa shape index (κ3) is 5.94. The van der Waals surface area contributed by atoms with Crippen molar-refractivity contribution < 1.29 is 4.74 Å². The third-order valence-electron chi connectivity index (χ3n) is 2.55. The molecule has 0 radical (unpaired) electrons. The number of nitrogens with zero attached hydrogens (tertiary/aromatic N) is 1. The molecule has 1 aromatic heterocycles. The minimum atomic E-state index is 0.204. The van der Waals surface area contributed by atoms with Crippen LogP contribution in [0.2, 0.25) is 0 Å². The van der Waals surface area contributed by atoms with Crippen molar-refractivity contribution in [3.63, 3.8) is 0 Å². The minimum absolute atomic E-state index is 0.204. The number of hydrogen-bond donors (Lipinski definition) is 1. The molecule has 0 saturated carbocycles. The van der Waals surface area contributed by atoms with Gasteiger partial charge in [-0.05, 0) is 37.0 Å². The zero-order chi connectivity index (χ0) is 12.5. The fourth-order valence-corrected chi connectivity index (χ4v) is 1.83. The maximum atomic E-state index is 5.88. The van der Waals surface area contributed by atoms with Gasteiger partial charge in [0.05, 0.1) is 12.8 Å².